The van der Waals surface area contributed by atoms with Crippen LogP contribution in [0, 0.1) is 0 Å². The molecule has 4 heteroatoms. The van der Waals surface area contributed by atoms with Crippen LogP contribution >= 0.6 is 11.3 Å². The zero-order valence-electron chi connectivity index (χ0n) is 12.4. The van der Waals surface area contributed by atoms with E-state index >= 15 is 0 Å². The summed E-state index contributed by atoms with van der Waals surface area (Å²) in [6.45, 7) is 4.56. The maximum atomic E-state index is 11.9. The first-order valence-corrected chi connectivity index (χ1v) is 8.10. The molecule has 1 heterocycles. The number of hydrogen-bond acceptors (Lipinski definition) is 3. The van der Waals surface area contributed by atoms with Gasteiger partial charge < -0.3 is 5.11 Å². The number of rotatable bonds is 7. The van der Waals surface area contributed by atoms with Crippen molar-refractivity contribution in [2.45, 2.75) is 38.8 Å². The standard InChI is InChI=1S/C17H21NO2S/c1-3-13-7-9-14(10-8-13)17(4-2,16(19)20)18-12-15-6-5-11-21-15/h5-11,18H,3-4,12H2,1-2H3,(H,19,20). The van der Waals surface area contributed by atoms with Crippen molar-refractivity contribution >= 4 is 17.3 Å². The van der Waals surface area contributed by atoms with Gasteiger partial charge in [0.05, 0.1) is 0 Å². The van der Waals surface area contributed by atoms with Gasteiger partial charge in [-0.1, -0.05) is 44.2 Å². The molecule has 21 heavy (non-hydrogen) atoms. The number of carbonyl (C=O) groups is 1. The molecular weight excluding hydrogens is 282 g/mol. The van der Waals surface area contributed by atoms with Crippen LogP contribution in [-0.4, -0.2) is 11.1 Å². The normalized spacial score (nSPS) is 13.8. The van der Waals surface area contributed by atoms with Crippen LogP contribution in [0.3, 0.4) is 0 Å². The highest BCUT2D eigenvalue weighted by Crippen LogP contribution is 2.27. The summed E-state index contributed by atoms with van der Waals surface area (Å²) in [4.78, 5) is 13.0. The zero-order valence-corrected chi connectivity index (χ0v) is 13.2. The number of nitrogens with one attached hydrogen (secondary N) is 1. The molecule has 0 spiro atoms. The summed E-state index contributed by atoms with van der Waals surface area (Å²) in [5, 5.41) is 15.0. The van der Waals surface area contributed by atoms with Crippen LogP contribution in [0.15, 0.2) is 41.8 Å². The van der Waals surface area contributed by atoms with Crippen LogP contribution in [0.1, 0.15) is 36.3 Å². The van der Waals surface area contributed by atoms with Crippen LogP contribution in [0.4, 0.5) is 0 Å². The Labute approximate surface area is 129 Å². The number of carboxylic acids is 1. The SMILES string of the molecule is CCc1ccc(C(CC)(NCc2cccs2)C(=O)O)cc1. The second-order valence-electron chi connectivity index (χ2n) is 5.05. The lowest BCUT2D eigenvalue weighted by atomic mass is 9.86. The first kappa shape index (κ1) is 15.7. The van der Waals surface area contributed by atoms with Crippen molar-refractivity contribution < 1.29 is 9.90 Å². The number of carboxylic acid groups (broad SMARTS) is 1. The summed E-state index contributed by atoms with van der Waals surface area (Å²) < 4.78 is 0. The van der Waals surface area contributed by atoms with Gasteiger partial charge in [0.1, 0.15) is 5.54 Å². The van der Waals surface area contributed by atoms with Gasteiger partial charge in [-0.15, -0.1) is 11.3 Å². The van der Waals surface area contributed by atoms with Crippen LogP contribution in [0.2, 0.25) is 0 Å². The van der Waals surface area contributed by atoms with E-state index in [1.165, 1.54) is 5.56 Å². The molecule has 0 aliphatic heterocycles. The van der Waals surface area contributed by atoms with Crippen molar-refractivity contribution in [3.8, 4) is 0 Å². The van der Waals surface area contributed by atoms with Crippen LogP contribution in [-0.2, 0) is 23.3 Å². The fraction of sp³-hybridized carbons (Fsp3) is 0.353. The molecule has 112 valence electrons. The van der Waals surface area contributed by atoms with Crippen molar-refractivity contribution in [3.63, 3.8) is 0 Å². The summed E-state index contributed by atoms with van der Waals surface area (Å²) in [5.74, 6) is -0.828. The third kappa shape index (κ3) is 3.34. The monoisotopic (exact) mass is 303 g/mol. The molecule has 2 rings (SSSR count). The Morgan fingerprint density at radius 1 is 1.24 bits per heavy atom. The van der Waals surface area contributed by atoms with Crippen LogP contribution in [0.25, 0.3) is 0 Å². The molecule has 1 unspecified atom stereocenters. The second kappa shape index (κ2) is 6.87. The number of aryl methyl sites for hydroxylation is 1. The van der Waals surface area contributed by atoms with E-state index < -0.39 is 11.5 Å². The van der Waals surface area contributed by atoms with E-state index in [2.05, 4.69) is 12.2 Å². The van der Waals surface area contributed by atoms with Crippen LogP contribution < -0.4 is 5.32 Å². The largest absolute Gasteiger partial charge is 0.480 e. The van der Waals surface area contributed by atoms with E-state index in [-0.39, 0.29) is 0 Å². The highest BCUT2D eigenvalue weighted by molar-refractivity contribution is 7.09. The second-order valence-corrected chi connectivity index (χ2v) is 6.08. The topological polar surface area (TPSA) is 49.3 Å². The van der Waals surface area contributed by atoms with Gasteiger partial charge >= 0.3 is 5.97 Å². The van der Waals surface area contributed by atoms with Gasteiger partial charge in [0.2, 0.25) is 0 Å². The Morgan fingerprint density at radius 3 is 2.43 bits per heavy atom. The van der Waals surface area contributed by atoms with E-state index in [4.69, 9.17) is 0 Å². The molecule has 2 N–H and O–H groups in total. The molecule has 0 radical (unpaired) electrons. The van der Waals surface area contributed by atoms with Crippen molar-refractivity contribution in [3.05, 3.63) is 57.8 Å². The molecule has 0 aliphatic carbocycles. The number of benzene rings is 1. The highest BCUT2D eigenvalue weighted by Gasteiger charge is 2.38. The Morgan fingerprint density at radius 2 is 1.95 bits per heavy atom. The molecule has 2 aromatic rings. The maximum Gasteiger partial charge on any atom is 0.328 e. The van der Waals surface area contributed by atoms with Gasteiger partial charge in [0, 0.05) is 11.4 Å². The first-order chi connectivity index (χ1) is 10.1. The lowest BCUT2D eigenvalue weighted by molar-refractivity contribution is -0.145. The molecule has 0 saturated heterocycles. The molecule has 0 saturated carbocycles. The Hall–Kier alpha value is -1.65. The van der Waals surface area contributed by atoms with Crippen LogP contribution in [0.5, 0.6) is 0 Å². The Balaban J connectivity index is 2.28. The predicted octanol–water partition coefficient (Wildman–Crippen LogP) is 3.79. The molecule has 3 nitrogen and oxygen atoms in total. The van der Waals surface area contributed by atoms with Gasteiger partial charge in [0.15, 0.2) is 0 Å². The summed E-state index contributed by atoms with van der Waals surface area (Å²) in [5.41, 5.74) is 0.995. The number of thiophene rings is 1. The lowest BCUT2D eigenvalue weighted by Crippen LogP contribution is -2.48. The minimum absolute atomic E-state index is 0.499. The molecule has 0 fully saturated rings. The zero-order chi connectivity index (χ0) is 15.3. The summed E-state index contributed by atoms with van der Waals surface area (Å²) in [6, 6.07) is 11.9. The third-order valence-corrected chi connectivity index (χ3v) is 4.77. The summed E-state index contributed by atoms with van der Waals surface area (Å²) in [7, 11) is 0. The average Bonchev–Trinajstić information content (AvgIpc) is 3.02. The minimum atomic E-state index is -1.03. The molecule has 1 aromatic heterocycles. The third-order valence-electron chi connectivity index (χ3n) is 3.89. The maximum absolute atomic E-state index is 11.9. The molecule has 1 atom stereocenters. The highest BCUT2D eigenvalue weighted by atomic mass is 32.1. The van der Waals surface area contributed by atoms with Gasteiger partial charge in [-0.25, -0.2) is 4.79 Å². The van der Waals surface area contributed by atoms with Crippen molar-refractivity contribution in [2.75, 3.05) is 0 Å². The number of hydrogen-bond donors (Lipinski definition) is 2. The van der Waals surface area contributed by atoms with E-state index in [1.54, 1.807) is 11.3 Å². The number of aliphatic carboxylic acids is 1. The van der Waals surface area contributed by atoms with E-state index in [0.717, 1.165) is 16.9 Å². The molecule has 0 aliphatic rings. The molecule has 0 bridgehead atoms. The van der Waals surface area contributed by atoms with Crippen molar-refractivity contribution in [2.24, 2.45) is 0 Å². The van der Waals surface area contributed by atoms with Gasteiger partial charge in [-0.2, -0.15) is 0 Å². The average molecular weight is 303 g/mol. The summed E-state index contributed by atoms with van der Waals surface area (Å²) in [6.07, 6.45) is 1.45. The van der Waals surface area contributed by atoms with E-state index in [1.807, 2.05) is 48.7 Å². The van der Waals surface area contributed by atoms with Gasteiger partial charge in [-0.05, 0) is 35.4 Å². The van der Waals surface area contributed by atoms with Gasteiger partial charge in [0.25, 0.3) is 0 Å². The van der Waals surface area contributed by atoms with E-state index in [9.17, 15) is 9.90 Å². The molecule has 0 amide bonds. The van der Waals surface area contributed by atoms with Gasteiger partial charge in [-0.3, -0.25) is 5.32 Å². The lowest BCUT2D eigenvalue weighted by Gasteiger charge is -2.30. The Bertz CT molecular complexity index is 577. The quantitative estimate of drug-likeness (QED) is 0.818. The molecular formula is C17H21NO2S. The Kier molecular flexibility index (Phi) is 5.15. The van der Waals surface area contributed by atoms with E-state index in [0.29, 0.717) is 13.0 Å². The summed E-state index contributed by atoms with van der Waals surface area (Å²) >= 11 is 1.63. The molecule has 1 aromatic carbocycles. The minimum Gasteiger partial charge on any atom is -0.480 e. The van der Waals surface area contributed by atoms with Crippen molar-refractivity contribution in [1.29, 1.82) is 0 Å². The fourth-order valence-corrected chi connectivity index (χ4v) is 3.10. The fourth-order valence-electron chi connectivity index (χ4n) is 2.46. The van der Waals surface area contributed by atoms with Crippen molar-refractivity contribution in [1.82, 2.24) is 5.32 Å². The smallest absolute Gasteiger partial charge is 0.328 e. The predicted molar refractivity (Wildman–Crippen MR) is 86.6 cm³/mol. The first-order valence-electron chi connectivity index (χ1n) is 7.22.